The number of pyridine rings is 1. The summed E-state index contributed by atoms with van der Waals surface area (Å²) < 4.78 is 11.0. The number of aromatic nitrogens is 1. The quantitative estimate of drug-likeness (QED) is 0.798. The summed E-state index contributed by atoms with van der Waals surface area (Å²) in [5, 5.41) is 3.74. The zero-order chi connectivity index (χ0) is 19.4. The molecule has 2 aromatic rings. The molecule has 3 rings (SSSR count). The number of hydrogen-bond acceptors (Lipinski definition) is 5. The van der Waals surface area contributed by atoms with Crippen molar-refractivity contribution >= 4 is 34.9 Å². The van der Waals surface area contributed by atoms with Gasteiger partial charge < -0.3 is 14.8 Å². The fourth-order valence-electron chi connectivity index (χ4n) is 2.59. The molecule has 1 aliphatic heterocycles. The Bertz CT molecular complexity index is 847. The third-order valence-corrected chi connectivity index (χ3v) is 3.88. The van der Waals surface area contributed by atoms with Gasteiger partial charge in [-0.2, -0.15) is 0 Å². The number of anilines is 2. The first kappa shape index (κ1) is 19.0. The molecule has 0 aliphatic carbocycles. The molecule has 0 fully saturated rings. The van der Waals surface area contributed by atoms with Crippen LogP contribution in [0, 0.1) is 0 Å². The van der Waals surface area contributed by atoms with Gasteiger partial charge in [-0.1, -0.05) is 17.7 Å². The van der Waals surface area contributed by atoms with Crippen LogP contribution in [0.2, 0.25) is 5.02 Å². The van der Waals surface area contributed by atoms with E-state index in [0.717, 1.165) is 11.3 Å². The fourth-order valence-corrected chi connectivity index (χ4v) is 2.83. The van der Waals surface area contributed by atoms with E-state index in [4.69, 9.17) is 21.1 Å². The number of benzene rings is 1. The molecule has 0 spiro atoms. The molecule has 1 aromatic carbocycles. The van der Waals surface area contributed by atoms with Crippen molar-refractivity contribution in [3.63, 3.8) is 0 Å². The van der Waals surface area contributed by atoms with Gasteiger partial charge >= 0.3 is 6.09 Å². The summed E-state index contributed by atoms with van der Waals surface area (Å²) in [7, 11) is 0. The lowest BCUT2D eigenvalue weighted by Gasteiger charge is -2.31. The van der Waals surface area contributed by atoms with Crippen LogP contribution in [0.3, 0.4) is 0 Å². The highest BCUT2D eigenvalue weighted by Crippen LogP contribution is 2.30. The number of carbonyl (C=O) groups excluding carboxylic acids is 1. The lowest BCUT2D eigenvalue weighted by molar-refractivity contribution is 0.0296. The van der Waals surface area contributed by atoms with Crippen molar-refractivity contribution in [3.8, 4) is 0 Å². The molecule has 142 valence electrons. The summed E-state index contributed by atoms with van der Waals surface area (Å²) in [6.45, 7) is 6.31. The Balaban J connectivity index is 1.89. The molecule has 1 amide bonds. The summed E-state index contributed by atoms with van der Waals surface area (Å²) in [5.74, 6) is 0.698. The van der Waals surface area contributed by atoms with Crippen molar-refractivity contribution in [2.45, 2.75) is 26.4 Å². The zero-order valence-electron chi connectivity index (χ0n) is 15.5. The number of hydrogen-bond donors (Lipinski definition) is 1. The standard InChI is InChI=1S/C20H22ClN3O3/c1-20(2,3)27-19(25)24-8-9-26-13-17(24)14-10-15(21)12-16(11-14)23-18-6-4-5-7-22-18/h4-7,10-13H,8-9H2,1-3H3,(H,22,23). The van der Waals surface area contributed by atoms with Crippen LogP contribution >= 0.6 is 11.6 Å². The van der Waals surface area contributed by atoms with Crippen LogP contribution in [0.5, 0.6) is 0 Å². The van der Waals surface area contributed by atoms with Crippen LogP contribution in [0.1, 0.15) is 26.3 Å². The Kier molecular flexibility index (Phi) is 5.56. The second-order valence-corrected chi connectivity index (χ2v) is 7.51. The van der Waals surface area contributed by atoms with Crippen LogP contribution in [-0.4, -0.2) is 34.7 Å². The van der Waals surface area contributed by atoms with Gasteiger partial charge in [0.25, 0.3) is 0 Å². The third-order valence-electron chi connectivity index (χ3n) is 3.66. The Morgan fingerprint density at radius 2 is 2.11 bits per heavy atom. The summed E-state index contributed by atoms with van der Waals surface area (Å²) in [6.07, 6.45) is 2.84. The lowest BCUT2D eigenvalue weighted by Crippen LogP contribution is -2.39. The summed E-state index contributed by atoms with van der Waals surface area (Å²) in [4.78, 5) is 18.4. The van der Waals surface area contributed by atoms with E-state index >= 15 is 0 Å². The second kappa shape index (κ2) is 7.88. The minimum atomic E-state index is -0.583. The normalized spacial score (nSPS) is 14.2. The fraction of sp³-hybridized carbons (Fsp3) is 0.300. The average Bonchev–Trinajstić information content (AvgIpc) is 2.60. The number of nitrogens with zero attached hydrogens (tertiary/aromatic N) is 2. The van der Waals surface area contributed by atoms with Crippen molar-refractivity contribution in [2.75, 3.05) is 18.5 Å². The summed E-state index contributed by atoms with van der Waals surface area (Å²) >= 11 is 6.31. The highest BCUT2D eigenvalue weighted by atomic mass is 35.5. The van der Waals surface area contributed by atoms with E-state index in [1.54, 1.807) is 29.5 Å². The predicted octanol–water partition coefficient (Wildman–Crippen LogP) is 5.04. The van der Waals surface area contributed by atoms with Crippen molar-refractivity contribution in [1.82, 2.24) is 9.88 Å². The molecule has 1 aliphatic rings. The molecule has 6 nitrogen and oxygen atoms in total. The number of ether oxygens (including phenoxy) is 2. The number of rotatable bonds is 3. The molecule has 7 heteroatoms. The van der Waals surface area contributed by atoms with Gasteiger partial charge in [-0.05, 0) is 51.1 Å². The minimum Gasteiger partial charge on any atom is -0.497 e. The van der Waals surface area contributed by atoms with E-state index in [9.17, 15) is 4.79 Å². The van der Waals surface area contributed by atoms with E-state index in [2.05, 4.69) is 10.3 Å². The topological polar surface area (TPSA) is 63.7 Å². The van der Waals surface area contributed by atoms with E-state index < -0.39 is 11.7 Å². The zero-order valence-corrected chi connectivity index (χ0v) is 16.3. The Hall–Kier alpha value is -2.73. The van der Waals surface area contributed by atoms with Crippen molar-refractivity contribution in [2.24, 2.45) is 0 Å². The van der Waals surface area contributed by atoms with Gasteiger partial charge in [0, 0.05) is 22.5 Å². The molecule has 0 saturated heterocycles. The first-order chi connectivity index (χ1) is 12.8. The maximum Gasteiger partial charge on any atom is 0.415 e. The van der Waals surface area contributed by atoms with Crippen LogP contribution in [0.25, 0.3) is 5.70 Å². The number of halogens is 1. The van der Waals surface area contributed by atoms with Crippen molar-refractivity contribution < 1.29 is 14.3 Å². The van der Waals surface area contributed by atoms with Crippen LogP contribution in [0.15, 0.2) is 48.9 Å². The predicted molar refractivity (Wildman–Crippen MR) is 106 cm³/mol. The van der Waals surface area contributed by atoms with Crippen LogP contribution in [-0.2, 0) is 9.47 Å². The van der Waals surface area contributed by atoms with Gasteiger partial charge in [0.2, 0.25) is 0 Å². The van der Waals surface area contributed by atoms with Crippen LogP contribution in [0.4, 0.5) is 16.3 Å². The van der Waals surface area contributed by atoms with E-state index in [1.807, 2.05) is 45.0 Å². The van der Waals surface area contributed by atoms with Gasteiger partial charge in [0.05, 0.1) is 12.2 Å². The molecule has 1 N–H and O–H groups in total. The smallest absolute Gasteiger partial charge is 0.415 e. The Morgan fingerprint density at radius 3 is 2.81 bits per heavy atom. The van der Waals surface area contributed by atoms with E-state index in [-0.39, 0.29) is 0 Å². The van der Waals surface area contributed by atoms with Gasteiger partial charge in [-0.15, -0.1) is 0 Å². The first-order valence-electron chi connectivity index (χ1n) is 8.63. The van der Waals surface area contributed by atoms with Gasteiger partial charge in [-0.25, -0.2) is 9.78 Å². The molecule has 0 atom stereocenters. The van der Waals surface area contributed by atoms with Crippen molar-refractivity contribution in [3.05, 3.63) is 59.4 Å². The molecule has 2 heterocycles. The minimum absolute atomic E-state index is 0.399. The molecular formula is C20H22ClN3O3. The Morgan fingerprint density at radius 1 is 1.30 bits per heavy atom. The van der Waals surface area contributed by atoms with E-state index in [0.29, 0.717) is 29.7 Å². The SMILES string of the molecule is CC(C)(C)OC(=O)N1CCOC=C1c1cc(Cl)cc(Nc2ccccn2)c1. The lowest BCUT2D eigenvalue weighted by atomic mass is 10.1. The Labute approximate surface area is 163 Å². The van der Waals surface area contributed by atoms with E-state index in [1.165, 1.54) is 0 Å². The maximum atomic E-state index is 12.6. The summed E-state index contributed by atoms with van der Waals surface area (Å²) in [5.41, 5.74) is 1.51. The largest absolute Gasteiger partial charge is 0.497 e. The number of carbonyl (C=O) groups is 1. The highest BCUT2D eigenvalue weighted by molar-refractivity contribution is 6.31. The van der Waals surface area contributed by atoms with Gasteiger partial charge in [0.1, 0.15) is 24.3 Å². The molecule has 0 bridgehead atoms. The molecule has 0 radical (unpaired) electrons. The van der Waals surface area contributed by atoms with Gasteiger partial charge in [-0.3, -0.25) is 4.90 Å². The molecular weight excluding hydrogens is 366 g/mol. The second-order valence-electron chi connectivity index (χ2n) is 7.07. The van der Waals surface area contributed by atoms with Gasteiger partial charge in [0.15, 0.2) is 0 Å². The monoisotopic (exact) mass is 387 g/mol. The van der Waals surface area contributed by atoms with Crippen LogP contribution < -0.4 is 5.32 Å². The average molecular weight is 388 g/mol. The third kappa shape index (κ3) is 5.14. The maximum absolute atomic E-state index is 12.6. The number of nitrogens with one attached hydrogen (secondary N) is 1. The first-order valence-corrected chi connectivity index (χ1v) is 9.01. The molecule has 0 saturated carbocycles. The molecule has 1 aromatic heterocycles. The molecule has 0 unspecified atom stereocenters. The molecule has 27 heavy (non-hydrogen) atoms. The highest BCUT2D eigenvalue weighted by Gasteiger charge is 2.28. The number of amides is 1. The van der Waals surface area contributed by atoms with Crippen molar-refractivity contribution in [1.29, 1.82) is 0 Å². The summed E-state index contributed by atoms with van der Waals surface area (Å²) in [6, 6.07) is 11.1.